The van der Waals surface area contributed by atoms with E-state index in [1.165, 1.54) is 12.1 Å². The van der Waals surface area contributed by atoms with Gasteiger partial charge in [0.15, 0.2) is 0 Å². The number of nitrogens with zero attached hydrogens (tertiary/aromatic N) is 2. The topological polar surface area (TPSA) is 45.2 Å². The van der Waals surface area contributed by atoms with Gasteiger partial charge in [0.1, 0.15) is 5.82 Å². The Kier molecular flexibility index (Phi) is 4.06. The molecule has 1 N–H and O–H groups in total. The predicted molar refractivity (Wildman–Crippen MR) is 73.5 cm³/mol. The number of carbonyl (C=O) groups is 1. The molecule has 0 fully saturated rings. The second kappa shape index (κ2) is 5.75. The Balaban J connectivity index is 2.22. The van der Waals surface area contributed by atoms with E-state index in [0.29, 0.717) is 24.0 Å². The smallest absolute Gasteiger partial charge is 0.225 e. The Morgan fingerprint density at radius 1 is 1.42 bits per heavy atom. The number of fused-ring (bicyclic) bond motifs is 1. The first kappa shape index (κ1) is 13.4. The number of aromatic nitrogens is 1. The maximum Gasteiger partial charge on any atom is 0.225 e. The molecule has 0 radical (unpaired) electrons. The van der Waals surface area contributed by atoms with E-state index in [1.807, 2.05) is 19.0 Å². The molecular weight excluding hydrogens is 245 g/mol. The van der Waals surface area contributed by atoms with Crippen LogP contribution in [0.5, 0.6) is 0 Å². The summed E-state index contributed by atoms with van der Waals surface area (Å²) in [5, 5.41) is 4.21. The number of carbonyl (C=O) groups excluding carboxylic acids is 1. The molecule has 2 aromatic rings. The zero-order chi connectivity index (χ0) is 13.8. The third-order valence-electron chi connectivity index (χ3n) is 2.78. The van der Waals surface area contributed by atoms with Crippen LogP contribution in [0.1, 0.15) is 6.42 Å². The van der Waals surface area contributed by atoms with E-state index in [0.717, 1.165) is 5.39 Å². The zero-order valence-electron chi connectivity index (χ0n) is 11.0. The number of rotatable bonds is 4. The van der Waals surface area contributed by atoms with Crippen molar-refractivity contribution in [1.29, 1.82) is 0 Å². The normalized spacial score (nSPS) is 10.9. The third kappa shape index (κ3) is 3.48. The van der Waals surface area contributed by atoms with E-state index in [1.54, 1.807) is 18.5 Å². The summed E-state index contributed by atoms with van der Waals surface area (Å²) < 4.78 is 13.5. The fourth-order valence-corrected chi connectivity index (χ4v) is 1.81. The highest BCUT2D eigenvalue weighted by Gasteiger charge is 2.08. The van der Waals surface area contributed by atoms with Crippen LogP contribution >= 0.6 is 0 Å². The van der Waals surface area contributed by atoms with Gasteiger partial charge in [-0.2, -0.15) is 0 Å². The average molecular weight is 261 g/mol. The van der Waals surface area contributed by atoms with Crippen molar-refractivity contribution in [3.8, 4) is 0 Å². The fraction of sp³-hybridized carbons (Fsp3) is 0.286. The highest BCUT2D eigenvalue weighted by molar-refractivity contribution is 6.01. The van der Waals surface area contributed by atoms with Crippen LogP contribution in [0.15, 0.2) is 30.6 Å². The van der Waals surface area contributed by atoms with E-state index in [9.17, 15) is 9.18 Å². The first-order chi connectivity index (χ1) is 9.06. The maximum absolute atomic E-state index is 13.5. The summed E-state index contributed by atoms with van der Waals surface area (Å²) in [4.78, 5) is 17.7. The van der Waals surface area contributed by atoms with E-state index >= 15 is 0 Å². The van der Waals surface area contributed by atoms with E-state index in [2.05, 4.69) is 10.3 Å². The molecule has 0 spiro atoms. The van der Waals surface area contributed by atoms with Crippen LogP contribution in [-0.2, 0) is 4.79 Å². The molecule has 5 heteroatoms. The van der Waals surface area contributed by atoms with Gasteiger partial charge in [-0.3, -0.25) is 9.78 Å². The standard InChI is InChI=1S/C14H16FN3O/c1-18(2)6-4-14(19)17-13-8-11(15)7-10-9-16-5-3-12(10)13/h3,5,7-9H,4,6H2,1-2H3,(H,17,19). The summed E-state index contributed by atoms with van der Waals surface area (Å²) in [5.41, 5.74) is 0.487. The number of halogens is 1. The molecule has 100 valence electrons. The van der Waals surface area contributed by atoms with Crippen LogP contribution in [0.25, 0.3) is 10.8 Å². The molecule has 0 aliphatic rings. The average Bonchev–Trinajstić information content (AvgIpc) is 2.36. The summed E-state index contributed by atoms with van der Waals surface area (Å²) in [7, 11) is 3.80. The quantitative estimate of drug-likeness (QED) is 0.918. The summed E-state index contributed by atoms with van der Waals surface area (Å²) in [5.74, 6) is -0.513. The van der Waals surface area contributed by atoms with Crippen LogP contribution < -0.4 is 5.32 Å². The fourth-order valence-electron chi connectivity index (χ4n) is 1.81. The van der Waals surface area contributed by atoms with Crippen molar-refractivity contribution >= 4 is 22.4 Å². The van der Waals surface area contributed by atoms with Gasteiger partial charge in [0.05, 0.1) is 5.69 Å². The van der Waals surface area contributed by atoms with E-state index in [4.69, 9.17) is 0 Å². The van der Waals surface area contributed by atoms with Gasteiger partial charge in [-0.15, -0.1) is 0 Å². The first-order valence-corrected chi connectivity index (χ1v) is 6.04. The number of pyridine rings is 1. The Morgan fingerprint density at radius 2 is 2.21 bits per heavy atom. The van der Waals surface area contributed by atoms with Crippen LogP contribution in [0.3, 0.4) is 0 Å². The zero-order valence-corrected chi connectivity index (χ0v) is 11.0. The molecule has 0 bridgehead atoms. The molecule has 2 rings (SSSR count). The molecule has 0 saturated heterocycles. The Bertz CT molecular complexity index is 598. The molecule has 0 saturated carbocycles. The van der Waals surface area contributed by atoms with Crippen molar-refractivity contribution < 1.29 is 9.18 Å². The van der Waals surface area contributed by atoms with Gasteiger partial charge in [-0.25, -0.2) is 4.39 Å². The molecule has 1 aromatic heterocycles. The minimum absolute atomic E-state index is 0.127. The minimum Gasteiger partial charge on any atom is -0.325 e. The van der Waals surface area contributed by atoms with Gasteiger partial charge >= 0.3 is 0 Å². The van der Waals surface area contributed by atoms with Crippen molar-refractivity contribution in [2.45, 2.75) is 6.42 Å². The number of amides is 1. The van der Waals surface area contributed by atoms with Gasteiger partial charge in [0.2, 0.25) is 5.91 Å². The molecule has 4 nitrogen and oxygen atoms in total. The Labute approximate surface area is 111 Å². The number of anilines is 1. The lowest BCUT2D eigenvalue weighted by atomic mass is 10.1. The Morgan fingerprint density at radius 3 is 2.95 bits per heavy atom. The van der Waals surface area contributed by atoms with Crippen molar-refractivity contribution in [3.63, 3.8) is 0 Å². The van der Waals surface area contributed by atoms with Crippen molar-refractivity contribution in [3.05, 3.63) is 36.4 Å². The molecule has 1 heterocycles. The van der Waals surface area contributed by atoms with Crippen molar-refractivity contribution in [2.24, 2.45) is 0 Å². The molecule has 0 aliphatic heterocycles. The van der Waals surface area contributed by atoms with Gasteiger partial charge in [0, 0.05) is 36.1 Å². The molecule has 0 atom stereocenters. The highest BCUT2D eigenvalue weighted by atomic mass is 19.1. The lowest BCUT2D eigenvalue weighted by Gasteiger charge is -2.11. The van der Waals surface area contributed by atoms with E-state index in [-0.39, 0.29) is 11.7 Å². The lowest BCUT2D eigenvalue weighted by Crippen LogP contribution is -2.20. The largest absolute Gasteiger partial charge is 0.325 e. The van der Waals surface area contributed by atoms with Gasteiger partial charge in [-0.05, 0) is 32.3 Å². The monoisotopic (exact) mass is 261 g/mol. The molecule has 0 unspecified atom stereocenters. The van der Waals surface area contributed by atoms with Crippen LogP contribution in [-0.4, -0.2) is 36.4 Å². The SMILES string of the molecule is CN(C)CCC(=O)Nc1cc(F)cc2cnccc12. The first-order valence-electron chi connectivity index (χ1n) is 6.04. The van der Waals surface area contributed by atoms with Crippen LogP contribution in [0.2, 0.25) is 0 Å². The van der Waals surface area contributed by atoms with Crippen LogP contribution in [0.4, 0.5) is 10.1 Å². The minimum atomic E-state index is -0.386. The lowest BCUT2D eigenvalue weighted by molar-refractivity contribution is -0.116. The number of hydrogen-bond donors (Lipinski definition) is 1. The second-order valence-electron chi connectivity index (χ2n) is 4.65. The maximum atomic E-state index is 13.5. The number of benzene rings is 1. The molecular formula is C14H16FN3O. The van der Waals surface area contributed by atoms with Gasteiger partial charge in [0.25, 0.3) is 0 Å². The summed E-state index contributed by atoms with van der Waals surface area (Å²) >= 11 is 0. The Hall–Kier alpha value is -2.01. The second-order valence-corrected chi connectivity index (χ2v) is 4.65. The number of hydrogen-bond acceptors (Lipinski definition) is 3. The van der Waals surface area contributed by atoms with Crippen molar-refractivity contribution in [1.82, 2.24) is 9.88 Å². The van der Waals surface area contributed by atoms with Crippen LogP contribution in [0, 0.1) is 5.82 Å². The summed E-state index contributed by atoms with van der Waals surface area (Å²) in [6, 6.07) is 4.49. The predicted octanol–water partition coefficient (Wildman–Crippen LogP) is 2.26. The molecule has 1 amide bonds. The highest BCUT2D eigenvalue weighted by Crippen LogP contribution is 2.24. The van der Waals surface area contributed by atoms with Crippen molar-refractivity contribution in [2.75, 3.05) is 26.0 Å². The van der Waals surface area contributed by atoms with E-state index < -0.39 is 0 Å². The number of nitrogens with one attached hydrogen (secondary N) is 1. The summed E-state index contributed by atoms with van der Waals surface area (Å²) in [6.45, 7) is 0.653. The third-order valence-corrected chi connectivity index (χ3v) is 2.78. The summed E-state index contributed by atoms with van der Waals surface area (Å²) in [6.07, 6.45) is 3.57. The van der Waals surface area contributed by atoms with Gasteiger partial charge < -0.3 is 10.2 Å². The van der Waals surface area contributed by atoms with Gasteiger partial charge in [-0.1, -0.05) is 0 Å². The molecule has 1 aromatic carbocycles. The molecule has 19 heavy (non-hydrogen) atoms. The molecule has 0 aliphatic carbocycles.